The number of benzene rings is 2. The van der Waals surface area contributed by atoms with Crippen molar-refractivity contribution in [3.05, 3.63) is 106 Å². The second-order valence-electron chi connectivity index (χ2n) is 9.24. The smallest absolute Gasteiger partial charge is 0.278 e. The van der Waals surface area contributed by atoms with Gasteiger partial charge in [-0.1, -0.05) is 36.4 Å². The molecule has 36 heavy (non-hydrogen) atoms. The van der Waals surface area contributed by atoms with E-state index in [1.165, 1.54) is 23.0 Å². The number of rotatable bonds is 2. The molecule has 9 heteroatoms. The molecule has 3 aromatic rings. The molecule has 1 amide bonds. The summed E-state index contributed by atoms with van der Waals surface area (Å²) in [6.45, 7) is 0.0633. The Bertz CT molecular complexity index is 1430. The third-order valence-electron chi connectivity index (χ3n) is 7.00. The molecule has 2 bridgehead atoms. The summed E-state index contributed by atoms with van der Waals surface area (Å²) in [4.78, 5) is 27.7. The third-order valence-corrected chi connectivity index (χ3v) is 7.00. The van der Waals surface area contributed by atoms with E-state index < -0.39 is 34.8 Å². The molecule has 2 aromatic carbocycles. The predicted molar refractivity (Wildman–Crippen MR) is 127 cm³/mol. The molecule has 6 rings (SSSR count). The summed E-state index contributed by atoms with van der Waals surface area (Å²) in [6.07, 6.45) is 6.81. The summed E-state index contributed by atoms with van der Waals surface area (Å²) < 4.78 is 36.7. The van der Waals surface area contributed by atoms with Crippen molar-refractivity contribution < 1.29 is 23.4 Å². The van der Waals surface area contributed by atoms with Gasteiger partial charge in [-0.05, 0) is 42.5 Å². The van der Waals surface area contributed by atoms with Crippen LogP contribution in [-0.4, -0.2) is 39.9 Å². The molecule has 1 saturated carbocycles. The number of amides is 1. The molecule has 184 valence electrons. The molecule has 3 heterocycles. The fraction of sp³-hybridized carbons (Fsp3) is 0.259. The maximum atomic E-state index is 15.1. The van der Waals surface area contributed by atoms with E-state index >= 15 is 4.39 Å². The average Bonchev–Trinajstić information content (AvgIpc) is 3.72. The third kappa shape index (κ3) is 3.54. The van der Waals surface area contributed by atoms with Crippen LogP contribution in [0.4, 0.5) is 8.78 Å². The van der Waals surface area contributed by atoms with Crippen LogP contribution >= 0.6 is 0 Å². The molecular weight excluding hydrogens is 468 g/mol. The number of aromatic hydroxyl groups is 1. The lowest BCUT2D eigenvalue weighted by Gasteiger charge is -2.46. The number of hydrogen-bond donors (Lipinski definition) is 1. The van der Waals surface area contributed by atoms with Crippen LogP contribution in [0.3, 0.4) is 0 Å². The van der Waals surface area contributed by atoms with Crippen LogP contribution < -0.4 is 15.2 Å². The van der Waals surface area contributed by atoms with E-state index in [0.29, 0.717) is 5.56 Å². The van der Waals surface area contributed by atoms with E-state index in [1.807, 2.05) is 36.4 Å². The Morgan fingerprint density at radius 1 is 1.00 bits per heavy atom. The first-order valence-electron chi connectivity index (χ1n) is 11.8. The number of ether oxygens (including phenoxy) is 1. The highest BCUT2D eigenvalue weighted by atomic mass is 19.2. The van der Waals surface area contributed by atoms with Gasteiger partial charge in [0.15, 0.2) is 23.0 Å². The van der Waals surface area contributed by atoms with Gasteiger partial charge in [-0.15, -0.1) is 0 Å². The Kier molecular flexibility index (Phi) is 5.28. The molecule has 7 nitrogen and oxygen atoms in total. The number of carbonyl (C=O) groups excluding carboxylic acids is 1. The molecule has 1 aliphatic carbocycles. The van der Waals surface area contributed by atoms with Crippen LogP contribution in [0.25, 0.3) is 0 Å². The van der Waals surface area contributed by atoms with Gasteiger partial charge in [0.25, 0.3) is 5.91 Å². The quantitative estimate of drug-likeness (QED) is 0.554. The summed E-state index contributed by atoms with van der Waals surface area (Å²) in [5.74, 6) is -3.28. The van der Waals surface area contributed by atoms with Crippen LogP contribution in [0.1, 0.15) is 40.5 Å². The van der Waals surface area contributed by atoms with E-state index in [-0.39, 0.29) is 36.7 Å². The van der Waals surface area contributed by atoms with E-state index in [9.17, 15) is 19.1 Å². The molecule has 0 radical (unpaired) electrons. The lowest BCUT2D eigenvalue weighted by atomic mass is 9.96. The molecule has 3 aliphatic rings. The number of hydrogen-bond acceptors (Lipinski definition) is 5. The summed E-state index contributed by atoms with van der Waals surface area (Å²) >= 11 is 0. The van der Waals surface area contributed by atoms with Gasteiger partial charge in [0, 0.05) is 17.8 Å². The van der Waals surface area contributed by atoms with E-state index in [4.69, 9.17) is 4.74 Å². The molecule has 0 saturated heterocycles. The van der Waals surface area contributed by atoms with Crippen LogP contribution in [0.2, 0.25) is 0 Å². The second-order valence-corrected chi connectivity index (χ2v) is 9.24. The van der Waals surface area contributed by atoms with Gasteiger partial charge in [-0.3, -0.25) is 19.3 Å². The molecule has 0 spiro atoms. The van der Waals surface area contributed by atoms with Gasteiger partial charge in [0.2, 0.25) is 11.2 Å². The lowest BCUT2D eigenvalue weighted by molar-refractivity contribution is 0.0610. The van der Waals surface area contributed by atoms with Gasteiger partial charge in [0.05, 0.1) is 6.04 Å². The van der Waals surface area contributed by atoms with Crippen LogP contribution in [0.5, 0.6) is 11.5 Å². The van der Waals surface area contributed by atoms with Gasteiger partial charge in [-0.2, -0.15) is 4.39 Å². The number of nitrogens with zero attached hydrogens (tertiary/aromatic N) is 3. The summed E-state index contributed by atoms with van der Waals surface area (Å²) in [5.41, 5.74) is 0.226. The van der Waals surface area contributed by atoms with Gasteiger partial charge in [-0.25, -0.2) is 4.39 Å². The van der Waals surface area contributed by atoms with Crippen LogP contribution in [0.15, 0.2) is 71.7 Å². The maximum Gasteiger partial charge on any atom is 0.278 e. The normalized spacial score (nSPS) is 22.2. The van der Waals surface area contributed by atoms with Gasteiger partial charge in [0.1, 0.15) is 19.3 Å². The van der Waals surface area contributed by atoms with Crippen molar-refractivity contribution in [1.82, 2.24) is 9.58 Å². The number of aromatic nitrogens is 1. The highest BCUT2D eigenvalue weighted by molar-refractivity contribution is 5.96. The summed E-state index contributed by atoms with van der Waals surface area (Å²) in [7, 11) is 0. The fourth-order valence-corrected chi connectivity index (χ4v) is 5.13. The highest BCUT2D eigenvalue weighted by Crippen LogP contribution is 2.42. The zero-order valence-corrected chi connectivity index (χ0v) is 19.2. The molecule has 0 unspecified atom stereocenters. The largest absolute Gasteiger partial charge is 0.502 e. The van der Waals surface area contributed by atoms with E-state index in [1.54, 1.807) is 16.0 Å². The predicted octanol–water partition coefficient (Wildman–Crippen LogP) is 3.70. The van der Waals surface area contributed by atoms with Crippen molar-refractivity contribution in [1.29, 1.82) is 0 Å². The van der Waals surface area contributed by atoms with E-state index in [2.05, 4.69) is 0 Å². The van der Waals surface area contributed by atoms with Crippen molar-refractivity contribution in [3.8, 4) is 11.5 Å². The van der Waals surface area contributed by atoms with Crippen molar-refractivity contribution >= 4 is 5.91 Å². The first kappa shape index (κ1) is 22.3. The van der Waals surface area contributed by atoms with Gasteiger partial charge < -0.3 is 14.7 Å². The van der Waals surface area contributed by atoms with Crippen molar-refractivity contribution in [2.45, 2.75) is 24.9 Å². The van der Waals surface area contributed by atoms with Crippen molar-refractivity contribution in [2.24, 2.45) is 5.92 Å². The molecule has 1 fully saturated rings. The van der Waals surface area contributed by atoms with Crippen molar-refractivity contribution in [2.75, 3.05) is 18.3 Å². The average molecular weight is 491 g/mol. The Hall–Kier alpha value is -4.14. The highest BCUT2D eigenvalue weighted by Gasteiger charge is 2.44. The Morgan fingerprint density at radius 2 is 1.78 bits per heavy atom. The van der Waals surface area contributed by atoms with Crippen LogP contribution in [-0.2, 0) is 0 Å². The minimum atomic E-state index is -1.10. The standard InChI is InChI=1S/C27H23F2N3O4/c28-19-11-10-18-23(17-5-2-1-3-6-17)32-15-30(27(35)24-25(34)21(33)12-13-31(24)32)20(16-8-9-16)7-4-14-36-26(18)22(19)29/h1-7,10-13,16,20,23,34H,8-9,14-15H2/b7-4+/t20-,23+/m1/s1. The minimum Gasteiger partial charge on any atom is -0.502 e. The SMILES string of the molecule is O=C1c2c(O)c(=O)ccn2N2CN1[C@@H](C1CC1)/C=C/COc1c(ccc(F)c1F)[C@@H]2c1ccccc1. The van der Waals surface area contributed by atoms with Gasteiger partial charge >= 0.3 is 0 Å². The molecule has 1 aromatic heterocycles. The molecule has 2 atom stereocenters. The molecular formula is C27H23F2N3O4. The van der Waals surface area contributed by atoms with E-state index in [0.717, 1.165) is 24.5 Å². The Labute approximate surface area is 205 Å². The fourth-order valence-electron chi connectivity index (χ4n) is 5.13. The van der Waals surface area contributed by atoms with Crippen LogP contribution in [0, 0.1) is 17.6 Å². The number of fused-ring (bicyclic) bond motifs is 5. The lowest BCUT2D eigenvalue weighted by Crippen LogP contribution is -2.58. The minimum absolute atomic E-state index is 0.0177. The Balaban J connectivity index is 1.65. The summed E-state index contributed by atoms with van der Waals surface area (Å²) in [5, 5.41) is 12.5. The first-order chi connectivity index (χ1) is 17.5. The first-order valence-corrected chi connectivity index (χ1v) is 11.8. The molecule has 2 aliphatic heterocycles. The second kappa shape index (κ2) is 8.51. The number of carbonyl (C=O) groups is 1. The zero-order chi connectivity index (χ0) is 25.0. The number of pyridine rings is 1. The molecule has 1 N–H and O–H groups in total. The zero-order valence-electron chi connectivity index (χ0n) is 19.2. The summed E-state index contributed by atoms with van der Waals surface area (Å²) in [6, 6.07) is 11.8. The maximum absolute atomic E-state index is 15.1. The monoisotopic (exact) mass is 491 g/mol. The van der Waals surface area contributed by atoms with Crippen molar-refractivity contribution in [3.63, 3.8) is 0 Å². The topological polar surface area (TPSA) is 75.0 Å². The Morgan fingerprint density at radius 3 is 2.53 bits per heavy atom. The number of halogens is 2.